The second-order valence-electron chi connectivity index (χ2n) is 5.13. The van der Waals surface area contributed by atoms with Crippen molar-refractivity contribution in [1.29, 1.82) is 0 Å². The number of hydrogen-bond donors (Lipinski definition) is 2. The summed E-state index contributed by atoms with van der Waals surface area (Å²) in [5, 5.41) is 6.74. The third-order valence-corrected chi connectivity index (χ3v) is 3.24. The van der Waals surface area contributed by atoms with Crippen molar-refractivity contribution in [2.45, 2.75) is 47.1 Å². The van der Waals surface area contributed by atoms with Crippen LogP contribution in [-0.2, 0) is 0 Å². The number of hydrogen-bond acceptors (Lipinski definition) is 2. The minimum absolute atomic E-state index is 0.531. The van der Waals surface area contributed by atoms with E-state index in [4.69, 9.17) is 0 Å². The molecule has 0 aromatic rings. The summed E-state index contributed by atoms with van der Waals surface area (Å²) in [7, 11) is 1.83. The van der Waals surface area contributed by atoms with Gasteiger partial charge in [-0.15, -0.1) is 0 Å². The maximum Gasteiger partial charge on any atom is 0.191 e. The van der Waals surface area contributed by atoms with Gasteiger partial charge in [0.2, 0.25) is 0 Å². The van der Waals surface area contributed by atoms with Gasteiger partial charge in [-0.2, -0.15) is 0 Å². The van der Waals surface area contributed by atoms with Crippen LogP contribution in [0.3, 0.4) is 0 Å². The first-order valence-corrected chi connectivity index (χ1v) is 7.23. The Morgan fingerprint density at radius 2 is 1.72 bits per heavy atom. The van der Waals surface area contributed by atoms with E-state index in [1.54, 1.807) is 0 Å². The zero-order chi connectivity index (χ0) is 14.0. The third-order valence-electron chi connectivity index (χ3n) is 3.24. The monoisotopic (exact) mass is 256 g/mol. The molecule has 1 unspecified atom stereocenters. The zero-order valence-electron chi connectivity index (χ0n) is 13.1. The van der Waals surface area contributed by atoms with Crippen molar-refractivity contribution in [3.63, 3.8) is 0 Å². The van der Waals surface area contributed by atoms with Crippen LogP contribution < -0.4 is 10.6 Å². The van der Waals surface area contributed by atoms with Gasteiger partial charge < -0.3 is 10.6 Å². The molecule has 2 N–H and O–H groups in total. The van der Waals surface area contributed by atoms with Crippen molar-refractivity contribution in [2.75, 3.05) is 33.2 Å². The van der Waals surface area contributed by atoms with E-state index in [1.165, 1.54) is 6.42 Å². The fourth-order valence-corrected chi connectivity index (χ4v) is 1.92. The highest BCUT2D eigenvalue weighted by Gasteiger charge is 2.10. The normalized spacial score (nSPS) is 14.1. The lowest BCUT2D eigenvalue weighted by Crippen LogP contribution is -2.46. The summed E-state index contributed by atoms with van der Waals surface area (Å²) >= 11 is 0. The fourth-order valence-electron chi connectivity index (χ4n) is 1.92. The summed E-state index contributed by atoms with van der Waals surface area (Å²) in [6.07, 6.45) is 1.17. The third kappa shape index (κ3) is 7.54. The van der Waals surface area contributed by atoms with Gasteiger partial charge in [0, 0.05) is 26.2 Å². The Balaban J connectivity index is 3.93. The van der Waals surface area contributed by atoms with Crippen molar-refractivity contribution in [3.05, 3.63) is 0 Å². The van der Waals surface area contributed by atoms with Crippen LogP contribution in [0.25, 0.3) is 0 Å². The van der Waals surface area contributed by atoms with E-state index in [2.05, 4.69) is 55.1 Å². The van der Waals surface area contributed by atoms with Crippen LogP contribution in [0.1, 0.15) is 41.0 Å². The maximum absolute atomic E-state index is 4.24. The lowest BCUT2D eigenvalue weighted by atomic mass is 10.1. The minimum atomic E-state index is 0.531. The first-order valence-electron chi connectivity index (χ1n) is 7.23. The summed E-state index contributed by atoms with van der Waals surface area (Å²) in [6.45, 7) is 15.2. The van der Waals surface area contributed by atoms with E-state index in [1.807, 2.05) is 7.05 Å². The van der Waals surface area contributed by atoms with Gasteiger partial charge in [-0.05, 0) is 32.4 Å². The quantitative estimate of drug-likeness (QED) is 0.515. The molecule has 0 aliphatic rings. The molecular formula is C14H32N4. The molecule has 0 bridgehead atoms. The molecule has 0 amide bonds. The van der Waals surface area contributed by atoms with Gasteiger partial charge in [0.15, 0.2) is 5.96 Å². The summed E-state index contributed by atoms with van der Waals surface area (Å²) < 4.78 is 0. The smallest absolute Gasteiger partial charge is 0.191 e. The zero-order valence-corrected chi connectivity index (χ0v) is 13.1. The number of nitrogens with one attached hydrogen (secondary N) is 2. The first kappa shape index (κ1) is 17.2. The Labute approximate surface area is 113 Å². The highest BCUT2D eigenvalue weighted by molar-refractivity contribution is 5.79. The van der Waals surface area contributed by atoms with Gasteiger partial charge in [0.25, 0.3) is 0 Å². The average Bonchev–Trinajstić information content (AvgIpc) is 2.34. The van der Waals surface area contributed by atoms with E-state index in [0.29, 0.717) is 6.04 Å². The molecule has 0 fully saturated rings. The molecule has 4 heteroatoms. The van der Waals surface area contributed by atoms with Crippen LogP contribution in [0.5, 0.6) is 0 Å². The van der Waals surface area contributed by atoms with Gasteiger partial charge >= 0.3 is 0 Å². The van der Waals surface area contributed by atoms with E-state index < -0.39 is 0 Å². The van der Waals surface area contributed by atoms with Crippen molar-refractivity contribution in [3.8, 4) is 0 Å². The van der Waals surface area contributed by atoms with E-state index in [-0.39, 0.29) is 0 Å². The van der Waals surface area contributed by atoms with Gasteiger partial charge in [-0.3, -0.25) is 9.89 Å². The molecular weight excluding hydrogens is 224 g/mol. The van der Waals surface area contributed by atoms with E-state index in [0.717, 1.165) is 38.1 Å². The molecule has 108 valence electrons. The second-order valence-corrected chi connectivity index (χ2v) is 5.13. The maximum atomic E-state index is 4.24. The number of rotatable bonds is 8. The molecule has 1 atom stereocenters. The number of nitrogens with zero attached hydrogens (tertiary/aromatic N) is 2. The van der Waals surface area contributed by atoms with Crippen LogP contribution in [0.4, 0.5) is 0 Å². The van der Waals surface area contributed by atoms with Gasteiger partial charge in [0.05, 0.1) is 0 Å². The molecule has 4 nitrogen and oxygen atoms in total. The van der Waals surface area contributed by atoms with Crippen LogP contribution in [0.15, 0.2) is 4.99 Å². The van der Waals surface area contributed by atoms with Crippen molar-refractivity contribution < 1.29 is 0 Å². The first-order chi connectivity index (χ1) is 8.54. The van der Waals surface area contributed by atoms with Gasteiger partial charge in [-0.25, -0.2) is 0 Å². The number of likely N-dealkylation sites (N-methyl/N-ethyl adjacent to an activating group) is 1. The minimum Gasteiger partial charge on any atom is -0.356 e. The molecule has 18 heavy (non-hydrogen) atoms. The summed E-state index contributed by atoms with van der Waals surface area (Å²) in [6, 6.07) is 0.531. The highest BCUT2D eigenvalue weighted by atomic mass is 15.2. The van der Waals surface area contributed by atoms with E-state index >= 15 is 0 Å². The summed E-state index contributed by atoms with van der Waals surface area (Å²) in [5.74, 6) is 1.64. The van der Waals surface area contributed by atoms with Gasteiger partial charge in [-0.1, -0.05) is 27.7 Å². The molecule has 0 saturated heterocycles. The molecule has 0 heterocycles. The predicted octanol–water partition coefficient (Wildman–Crippen LogP) is 1.93. The highest BCUT2D eigenvalue weighted by Crippen LogP contribution is 1.97. The Morgan fingerprint density at radius 1 is 1.11 bits per heavy atom. The number of guanidine groups is 1. The summed E-state index contributed by atoms with van der Waals surface area (Å²) in [4.78, 5) is 6.68. The van der Waals surface area contributed by atoms with Crippen LogP contribution in [-0.4, -0.2) is 50.1 Å². The summed E-state index contributed by atoms with van der Waals surface area (Å²) in [5.41, 5.74) is 0. The molecule has 0 rings (SSSR count). The second kappa shape index (κ2) is 10.2. The Bertz CT molecular complexity index is 222. The largest absolute Gasteiger partial charge is 0.356 e. The fraction of sp³-hybridized carbons (Fsp3) is 0.929. The van der Waals surface area contributed by atoms with Crippen LogP contribution in [0.2, 0.25) is 0 Å². The Morgan fingerprint density at radius 3 is 2.17 bits per heavy atom. The van der Waals surface area contributed by atoms with Crippen LogP contribution >= 0.6 is 0 Å². The SMILES string of the molecule is CCN(CC)C(C)CNC(=NC)NCCC(C)C. The van der Waals surface area contributed by atoms with Crippen molar-refractivity contribution in [1.82, 2.24) is 15.5 Å². The standard InChI is InChI=1S/C14H32N4/c1-7-18(8-2)13(5)11-17-14(15-6)16-10-9-12(3)4/h12-13H,7-11H2,1-6H3,(H2,15,16,17). The molecule has 0 saturated carbocycles. The average molecular weight is 256 g/mol. The van der Waals surface area contributed by atoms with Crippen molar-refractivity contribution >= 4 is 5.96 Å². The predicted molar refractivity (Wildman–Crippen MR) is 81.2 cm³/mol. The topological polar surface area (TPSA) is 39.7 Å². The lowest BCUT2D eigenvalue weighted by molar-refractivity contribution is 0.231. The molecule has 0 radical (unpaired) electrons. The molecule has 0 aliphatic heterocycles. The molecule has 0 aromatic heterocycles. The van der Waals surface area contributed by atoms with Crippen molar-refractivity contribution in [2.24, 2.45) is 10.9 Å². The molecule has 0 spiro atoms. The lowest BCUT2D eigenvalue weighted by Gasteiger charge is -2.27. The van der Waals surface area contributed by atoms with Gasteiger partial charge in [0.1, 0.15) is 0 Å². The molecule has 0 aliphatic carbocycles. The van der Waals surface area contributed by atoms with E-state index in [9.17, 15) is 0 Å². The van der Waals surface area contributed by atoms with Crippen LogP contribution in [0, 0.1) is 5.92 Å². The Hall–Kier alpha value is -0.770. The Kier molecular flexibility index (Phi) is 9.74. The molecule has 0 aromatic carbocycles. The number of aliphatic imine (C=N–C) groups is 1.